The van der Waals surface area contributed by atoms with Gasteiger partial charge >= 0.3 is 0 Å². The van der Waals surface area contributed by atoms with Gasteiger partial charge in [-0.25, -0.2) is 8.42 Å². The number of sulfonamides is 1. The summed E-state index contributed by atoms with van der Waals surface area (Å²) in [4.78, 5) is 17.6. The van der Waals surface area contributed by atoms with Gasteiger partial charge in [0.15, 0.2) is 5.76 Å². The summed E-state index contributed by atoms with van der Waals surface area (Å²) in [5.74, 6) is 0.542. The van der Waals surface area contributed by atoms with Crippen molar-refractivity contribution in [3.05, 3.63) is 41.9 Å². The molecule has 0 saturated carbocycles. The van der Waals surface area contributed by atoms with Crippen LogP contribution >= 0.6 is 0 Å². The largest absolute Gasteiger partial charge is 0.456 e. The topological polar surface area (TPSA) is 86.1 Å². The van der Waals surface area contributed by atoms with Crippen molar-refractivity contribution in [2.75, 3.05) is 56.0 Å². The van der Waals surface area contributed by atoms with Gasteiger partial charge in [0.05, 0.1) is 16.3 Å². The zero-order valence-electron chi connectivity index (χ0n) is 19.4. The molecule has 1 aromatic carbocycles. The summed E-state index contributed by atoms with van der Waals surface area (Å²) >= 11 is 0. The highest BCUT2D eigenvalue weighted by molar-refractivity contribution is 7.89. The van der Waals surface area contributed by atoms with E-state index in [2.05, 4.69) is 22.0 Å². The van der Waals surface area contributed by atoms with Crippen LogP contribution in [0, 0.1) is 0 Å². The Morgan fingerprint density at radius 2 is 1.72 bits per heavy atom. The minimum absolute atomic E-state index is 0.168. The van der Waals surface area contributed by atoms with Gasteiger partial charge in [-0.1, -0.05) is 27.7 Å². The molecule has 0 unspecified atom stereocenters. The van der Waals surface area contributed by atoms with Crippen LogP contribution < -0.4 is 10.2 Å². The molecule has 0 spiro atoms. The van der Waals surface area contributed by atoms with Crippen LogP contribution in [0.15, 0.2) is 39.6 Å². The van der Waals surface area contributed by atoms with Crippen LogP contribution in [-0.2, 0) is 16.4 Å². The Morgan fingerprint density at radius 3 is 2.28 bits per heavy atom. The third-order valence-corrected chi connectivity index (χ3v) is 8.00. The van der Waals surface area contributed by atoms with Crippen LogP contribution in [0.2, 0.25) is 0 Å². The molecule has 1 amide bonds. The average molecular weight is 463 g/mol. The molecule has 0 radical (unpaired) electrons. The summed E-state index contributed by atoms with van der Waals surface area (Å²) < 4.78 is 33.2. The van der Waals surface area contributed by atoms with Crippen LogP contribution in [0.4, 0.5) is 11.4 Å². The van der Waals surface area contributed by atoms with E-state index in [9.17, 15) is 13.2 Å². The third-order valence-electron chi connectivity index (χ3n) is 5.95. The number of hydrogen-bond acceptors (Lipinski definition) is 6. The predicted molar refractivity (Wildman–Crippen MR) is 127 cm³/mol. The minimum atomic E-state index is -3.65. The molecule has 1 aliphatic rings. The molecule has 0 aliphatic carbocycles. The SMILES string of the molecule is CCc1ccc(C(=O)Nc2cc(S(=O)(=O)N(CC)CC)ccc2N2CCN(CC)CC2)o1. The Morgan fingerprint density at radius 1 is 1.03 bits per heavy atom. The second-order valence-corrected chi connectivity index (χ2v) is 9.70. The predicted octanol–water partition coefficient (Wildman–Crippen LogP) is 3.27. The first-order valence-corrected chi connectivity index (χ1v) is 12.8. The number of furan rings is 1. The van der Waals surface area contributed by atoms with E-state index in [1.807, 2.05) is 20.8 Å². The molecule has 1 fully saturated rings. The van der Waals surface area contributed by atoms with Crippen molar-refractivity contribution < 1.29 is 17.6 Å². The Hall–Kier alpha value is -2.36. The molecular weight excluding hydrogens is 428 g/mol. The molecule has 1 aliphatic heterocycles. The zero-order valence-corrected chi connectivity index (χ0v) is 20.2. The number of likely N-dealkylation sites (N-methyl/N-ethyl adjacent to an activating group) is 1. The number of anilines is 2. The summed E-state index contributed by atoms with van der Waals surface area (Å²) in [6.07, 6.45) is 0.692. The van der Waals surface area contributed by atoms with Gasteiger partial charge in [0, 0.05) is 45.7 Å². The molecule has 3 rings (SSSR count). The second-order valence-electron chi connectivity index (χ2n) is 7.76. The Labute approximate surface area is 191 Å². The van der Waals surface area contributed by atoms with Crippen LogP contribution in [0.5, 0.6) is 0 Å². The van der Waals surface area contributed by atoms with Crippen molar-refractivity contribution in [3.63, 3.8) is 0 Å². The first-order chi connectivity index (χ1) is 15.3. The van der Waals surface area contributed by atoms with E-state index in [1.165, 1.54) is 4.31 Å². The number of benzene rings is 1. The summed E-state index contributed by atoms with van der Waals surface area (Å²) in [6.45, 7) is 12.9. The summed E-state index contributed by atoms with van der Waals surface area (Å²) in [7, 11) is -3.65. The fourth-order valence-corrected chi connectivity index (χ4v) is 5.43. The van der Waals surface area contributed by atoms with E-state index < -0.39 is 15.9 Å². The Bertz CT molecular complexity index is 1020. The van der Waals surface area contributed by atoms with Gasteiger partial charge in [-0.3, -0.25) is 4.79 Å². The quantitative estimate of drug-likeness (QED) is 0.616. The maximum absolute atomic E-state index is 13.1. The number of carbonyl (C=O) groups is 1. The molecule has 0 bridgehead atoms. The molecule has 2 aromatic rings. The molecule has 8 nitrogen and oxygen atoms in total. The van der Waals surface area contributed by atoms with Crippen LogP contribution in [0.3, 0.4) is 0 Å². The molecule has 0 atom stereocenters. The number of piperazine rings is 1. The second kappa shape index (κ2) is 10.5. The summed E-state index contributed by atoms with van der Waals surface area (Å²) in [6, 6.07) is 8.42. The standard InChI is InChI=1S/C23H34N4O4S/c1-5-18-9-12-22(31-18)23(28)24-20-17-19(32(29,30)27(7-3)8-4)10-11-21(20)26-15-13-25(6-2)14-16-26/h9-12,17H,5-8,13-16H2,1-4H3,(H,24,28). The minimum Gasteiger partial charge on any atom is -0.456 e. The van der Waals surface area contributed by atoms with E-state index in [1.54, 1.807) is 30.3 Å². The third kappa shape index (κ3) is 5.16. The van der Waals surface area contributed by atoms with Gasteiger partial charge in [0.1, 0.15) is 5.76 Å². The molecule has 1 aromatic heterocycles. The molecule has 2 heterocycles. The number of nitrogens with zero attached hydrogens (tertiary/aromatic N) is 3. The van der Waals surface area contributed by atoms with Gasteiger partial charge in [0.25, 0.3) is 5.91 Å². The Kier molecular flexibility index (Phi) is 7.97. The van der Waals surface area contributed by atoms with E-state index in [0.29, 0.717) is 25.2 Å². The zero-order chi connectivity index (χ0) is 23.3. The molecule has 176 valence electrons. The van der Waals surface area contributed by atoms with Crippen molar-refractivity contribution in [1.82, 2.24) is 9.21 Å². The molecule has 1 N–H and O–H groups in total. The highest BCUT2D eigenvalue weighted by Gasteiger charge is 2.26. The summed E-state index contributed by atoms with van der Waals surface area (Å²) in [5.41, 5.74) is 1.29. The van der Waals surface area contributed by atoms with Crippen molar-refractivity contribution >= 4 is 27.3 Å². The number of amides is 1. The van der Waals surface area contributed by atoms with E-state index >= 15 is 0 Å². The van der Waals surface area contributed by atoms with Gasteiger partial charge in [-0.05, 0) is 36.9 Å². The lowest BCUT2D eigenvalue weighted by atomic mass is 10.2. The number of nitrogens with one attached hydrogen (secondary N) is 1. The number of hydrogen-bond donors (Lipinski definition) is 1. The van der Waals surface area contributed by atoms with Gasteiger partial charge in [-0.2, -0.15) is 4.31 Å². The van der Waals surface area contributed by atoms with Crippen LogP contribution in [0.1, 0.15) is 44.0 Å². The Balaban J connectivity index is 1.96. The number of rotatable bonds is 9. The molecular formula is C23H34N4O4S. The highest BCUT2D eigenvalue weighted by Crippen LogP contribution is 2.31. The van der Waals surface area contributed by atoms with Crippen molar-refractivity contribution in [2.24, 2.45) is 0 Å². The van der Waals surface area contributed by atoms with E-state index in [0.717, 1.165) is 44.2 Å². The first kappa shape index (κ1) is 24.3. The lowest BCUT2D eigenvalue weighted by Crippen LogP contribution is -2.46. The van der Waals surface area contributed by atoms with Crippen LogP contribution in [0.25, 0.3) is 0 Å². The number of carbonyl (C=O) groups excluding carboxylic acids is 1. The molecule has 32 heavy (non-hydrogen) atoms. The summed E-state index contributed by atoms with van der Waals surface area (Å²) in [5, 5.41) is 2.90. The van der Waals surface area contributed by atoms with E-state index in [4.69, 9.17) is 4.42 Å². The van der Waals surface area contributed by atoms with Gasteiger partial charge < -0.3 is 19.5 Å². The fraction of sp³-hybridized carbons (Fsp3) is 0.522. The molecule has 1 saturated heterocycles. The fourth-order valence-electron chi connectivity index (χ4n) is 3.94. The van der Waals surface area contributed by atoms with E-state index in [-0.39, 0.29) is 10.7 Å². The van der Waals surface area contributed by atoms with Crippen molar-refractivity contribution in [3.8, 4) is 0 Å². The normalized spacial score (nSPS) is 15.3. The van der Waals surface area contributed by atoms with Crippen LogP contribution in [-0.4, -0.2) is 69.3 Å². The maximum Gasteiger partial charge on any atom is 0.291 e. The molecule has 9 heteroatoms. The average Bonchev–Trinajstić information content (AvgIpc) is 3.29. The van der Waals surface area contributed by atoms with Crippen molar-refractivity contribution in [1.29, 1.82) is 0 Å². The van der Waals surface area contributed by atoms with Gasteiger partial charge in [0.2, 0.25) is 10.0 Å². The lowest BCUT2D eigenvalue weighted by Gasteiger charge is -2.36. The number of aryl methyl sites for hydroxylation is 1. The smallest absolute Gasteiger partial charge is 0.291 e. The monoisotopic (exact) mass is 462 g/mol. The van der Waals surface area contributed by atoms with Gasteiger partial charge in [-0.15, -0.1) is 0 Å². The highest BCUT2D eigenvalue weighted by atomic mass is 32.2. The van der Waals surface area contributed by atoms with Crippen molar-refractivity contribution in [2.45, 2.75) is 39.0 Å². The maximum atomic E-state index is 13.1. The first-order valence-electron chi connectivity index (χ1n) is 11.4. The lowest BCUT2D eigenvalue weighted by molar-refractivity contribution is 0.0995.